The van der Waals surface area contributed by atoms with Gasteiger partial charge in [-0.05, 0) is 25.9 Å². The third kappa shape index (κ3) is 8.57. The minimum Gasteiger partial charge on any atom is -0.319 e. The number of sulfone groups is 1. The molecule has 0 saturated carbocycles. The van der Waals surface area contributed by atoms with Gasteiger partial charge in [0.25, 0.3) is 0 Å². The van der Waals surface area contributed by atoms with Crippen LogP contribution in [0.4, 0.5) is 0 Å². The maximum absolute atomic E-state index is 11.1. The van der Waals surface area contributed by atoms with Crippen LogP contribution in [0.15, 0.2) is 0 Å². The number of hydrogen-bond donors (Lipinski definition) is 1. The molecule has 17 heavy (non-hydrogen) atoms. The van der Waals surface area contributed by atoms with E-state index in [9.17, 15) is 8.42 Å². The molecular weight excluding hydrogens is 236 g/mol. The summed E-state index contributed by atoms with van der Waals surface area (Å²) in [6.07, 6.45) is 3.59. The lowest BCUT2D eigenvalue weighted by molar-refractivity contribution is 0.182. The molecule has 0 aromatic carbocycles. The molecule has 0 amide bonds. The van der Waals surface area contributed by atoms with Crippen LogP contribution in [0, 0.1) is 5.41 Å². The van der Waals surface area contributed by atoms with Crippen LogP contribution in [0.25, 0.3) is 0 Å². The average Bonchev–Trinajstić information content (AvgIpc) is 2.14. The predicted octanol–water partition coefficient (Wildman–Crippen LogP) is 0.989. The Kier molecular flexibility index (Phi) is 7.28. The Bertz CT molecular complexity index is 296. The number of rotatable bonds is 9. The molecule has 0 aliphatic heterocycles. The molecule has 0 radical (unpaired) electrons. The van der Waals surface area contributed by atoms with Crippen LogP contribution in [0.5, 0.6) is 0 Å². The first-order valence-electron chi connectivity index (χ1n) is 6.23. The molecule has 4 nitrogen and oxygen atoms in total. The first-order chi connectivity index (χ1) is 7.72. The summed E-state index contributed by atoms with van der Waals surface area (Å²) in [5.41, 5.74) is 0.218. The summed E-state index contributed by atoms with van der Waals surface area (Å²) in [6.45, 7) is 6.94. The fourth-order valence-electron chi connectivity index (χ4n) is 2.31. The molecule has 1 unspecified atom stereocenters. The Balaban J connectivity index is 4.25. The van der Waals surface area contributed by atoms with E-state index < -0.39 is 9.84 Å². The molecule has 104 valence electrons. The summed E-state index contributed by atoms with van der Waals surface area (Å²) in [5, 5.41) is 3.23. The van der Waals surface area contributed by atoms with Gasteiger partial charge < -0.3 is 10.2 Å². The third-order valence-electron chi connectivity index (χ3n) is 2.95. The highest BCUT2D eigenvalue weighted by atomic mass is 32.2. The van der Waals surface area contributed by atoms with E-state index in [2.05, 4.69) is 24.1 Å². The molecule has 0 fully saturated rings. The first-order valence-corrected chi connectivity index (χ1v) is 8.29. The van der Waals surface area contributed by atoms with Gasteiger partial charge in [-0.3, -0.25) is 0 Å². The number of hydrogen-bond acceptors (Lipinski definition) is 4. The van der Waals surface area contributed by atoms with E-state index in [1.54, 1.807) is 0 Å². The summed E-state index contributed by atoms with van der Waals surface area (Å²) in [6, 6.07) is 0. The van der Waals surface area contributed by atoms with Crippen molar-refractivity contribution in [2.24, 2.45) is 5.41 Å². The van der Waals surface area contributed by atoms with Gasteiger partial charge >= 0.3 is 0 Å². The molecule has 1 atom stereocenters. The van der Waals surface area contributed by atoms with Gasteiger partial charge in [-0.2, -0.15) is 0 Å². The quantitative estimate of drug-likeness (QED) is 0.675. The van der Waals surface area contributed by atoms with Gasteiger partial charge in [0.05, 0.1) is 5.75 Å². The van der Waals surface area contributed by atoms with E-state index in [0.717, 1.165) is 25.9 Å². The van der Waals surface area contributed by atoms with Gasteiger partial charge in [-0.25, -0.2) is 8.42 Å². The van der Waals surface area contributed by atoms with Gasteiger partial charge in [0.15, 0.2) is 0 Å². The molecule has 1 N–H and O–H groups in total. The fourth-order valence-corrected chi connectivity index (χ4v) is 2.95. The third-order valence-corrected chi connectivity index (χ3v) is 3.88. The molecule has 5 heteroatoms. The second-order valence-corrected chi connectivity index (χ2v) is 7.72. The van der Waals surface area contributed by atoms with Crippen molar-refractivity contribution in [2.45, 2.75) is 26.7 Å². The average molecular weight is 264 g/mol. The zero-order valence-corrected chi connectivity index (χ0v) is 12.7. The topological polar surface area (TPSA) is 49.4 Å². The van der Waals surface area contributed by atoms with Crippen molar-refractivity contribution in [3.63, 3.8) is 0 Å². The SMILES string of the molecule is CCCC(C)(CNC)CN(C)CCS(C)(=O)=O. The lowest BCUT2D eigenvalue weighted by Gasteiger charge is -2.33. The van der Waals surface area contributed by atoms with Crippen molar-refractivity contribution in [1.29, 1.82) is 0 Å². The lowest BCUT2D eigenvalue weighted by atomic mass is 9.85. The Morgan fingerprint density at radius 1 is 1.35 bits per heavy atom. The standard InChI is InChI=1S/C12H28N2O2S/c1-6-7-12(2,10-13-3)11-14(4)8-9-17(5,15)16/h13H,6-11H2,1-5H3. The molecule has 0 spiro atoms. The van der Waals surface area contributed by atoms with E-state index in [4.69, 9.17) is 0 Å². The second-order valence-electron chi connectivity index (χ2n) is 5.46. The fraction of sp³-hybridized carbons (Fsp3) is 1.00. The Morgan fingerprint density at radius 2 is 1.94 bits per heavy atom. The van der Waals surface area contributed by atoms with Gasteiger partial charge in [-0.1, -0.05) is 20.3 Å². The highest BCUT2D eigenvalue weighted by Gasteiger charge is 2.24. The van der Waals surface area contributed by atoms with Crippen LogP contribution in [0.2, 0.25) is 0 Å². The summed E-state index contributed by atoms with van der Waals surface area (Å²) in [5.74, 6) is 0.241. The number of nitrogens with zero attached hydrogens (tertiary/aromatic N) is 1. The maximum Gasteiger partial charge on any atom is 0.148 e. The lowest BCUT2D eigenvalue weighted by Crippen LogP contribution is -2.41. The van der Waals surface area contributed by atoms with E-state index in [0.29, 0.717) is 6.54 Å². The van der Waals surface area contributed by atoms with Gasteiger partial charge in [0.2, 0.25) is 0 Å². The zero-order valence-electron chi connectivity index (χ0n) is 11.9. The molecule has 0 aromatic rings. The van der Waals surface area contributed by atoms with E-state index >= 15 is 0 Å². The molecule has 0 aliphatic rings. The molecule has 0 heterocycles. The van der Waals surface area contributed by atoms with E-state index in [1.807, 2.05) is 14.1 Å². The van der Waals surface area contributed by atoms with Crippen LogP contribution in [-0.4, -0.2) is 59.1 Å². The Hall–Kier alpha value is -0.130. The van der Waals surface area contributed by atoms with Gasteiger partial charge in [0, 0.05) is 25.9 Å². The van der Waals surface area contributed by atoms with Crippen LogP contribution >= 0.6 is 0 Å². The van der Waals surface area contributed by atoms with E-state index in [1.165, 1.54) is 6.26 Å². The second kappa shape index (κ2) is 7.34. The van der Waals surface area contributed by atoms with E-state index in [-0.39, 0.29) is 11.2 Å². The Labute approximate surface area is 107 Å². The number of nitrogens with one attached hydrogen (secondary N) is 1. The van der Waals surface area contributed by atoms with Crippen LogP contribution in [0.1, 0.15) is 26.7 Å². The summed E-state index contributed by atoms with van der Waals surface area (Å²) < 4.78 is 22.2. The largest absolute Gasteiger partial charge is 0.319 e. The molecule has 0 aliphatic carbocycles. The minimum atomic E-state index is -2.86. The van der Waals surface area contributed by atoms with Crippen molar-refractivity contribution < 1.29 is 8.42 Å². The molecule has 0 saturated heterocycles. The minimum absolute atomic E-state index is 0.218. The molecule has 0 rings (SSSR count). The van der Waals surface area contributed by atoms with Crippen molar-refractivity contribution in [3.8, 4) is 0 Å². The summed E-state index contributed by atoms with van der Waals surface area (Å²) in [4.78, 5) is 2.12. The summed E-state index contributed by atoms with van der Waals surface area (Å²) >= 11 is 0. The van der Waals surface area contributed by atoms with Crippen LogP contribution in [0.3, 0.4) is 0 Å². The van der Waals surface area contributed by atoms with Crippen molar-refractivity contribution in [1.82, 2.24) is 10.2 Å². The van der Waals surface area contributed by atoms with Crippen LogP contribution < -0.4 is 5.32 Å². The molecule has 0 bridgehead atoms. The predicted molar refractivity (Wildman–Crippen MR) is 74.1 cm³/mol. The van der Waals surface area contributed by atoms with Crippen molar-refractivity contribution in [2.75, 3.05) is 45.7 Å². The zero-order chi connectivity index (χ0) is 13.5. The summed E-state index contributed by atoms with van der Waals surface area (Å²) in [7, 11) is 1.10. The molecule has 0 aromatic heterocycles. The molecular formula is C12H28N2O2S. The van der Waals surface area contributed by atoms with Crippen molar-refractivity contribution in [3.05, 3.63) is 0 Å². The maximum atomic E-state index is 11.1. The van der Waals surface area contributed by atoms with Gasteiger partial charge in [0.1, 0.15) is 9.84 Å². The smallest absolute Gasteiger partial charge is 0.148 e. The van der Waals surface area contributed by atoms with Crippen LogP contribution in [-0.2, 0) is 9.84 Å². The first kappa shape index (κ1) is 16.9. The normalized spacial score (nSPS) is 16.1. The van der Waals surface area contributed by atoms with Crippen molar-refractivity contribution >= 4 is 9.84 Å². The highest BCUT2D eigenvalue weighted by molar-refractivity contribution is 7.90. The van der Waals surface area contributed by atoms with Gasteiger partial charge in [-0.15, -0.1) is 0 Å². The Morgan fingerprint density at radius 3 is 2.35 bits per heavy atom. The monoisotopic (exact) mass is 264 g/mol. The highest BCUT2D eigenvalue weighted by Crippen LogP contribution is 2.23.